The summed E-state index contributed by atoms with van der Waals surface area (Å²) in [5.74, 6) is 0.355. The van der Waals surface area contributed by atoms with Crippen LogP contribution in [0.4, 0.5) is 0 Å². The fraction of sp³-hybridized carbons (Fsp3) is 0.105. The number of allylic oxidation sites excluding steroid dienone is 1. The molecule has 0 spiro atoms. The Balaban J connectivity index is 1.68. The molecule has 136 valence electrons. The SMILES string of the molecule is CC1=CC2=NC(=O)C(=Cc3cccn3Cc3c(Cl)cccc3Cl)C(=N)N2O1. The van der Waals surface area contributed by atoms with E-state index in [1.165, 1.54) is 5.06 Å². The highest BCUT2D eigenvalue weighted by molar-refractivity contribution is 6.36. The summed E-state index contributed by atoms with van der Waals surface area (Å²) in [7, 11) is 0. The smallest absolute Gasteiger partial charge is 0.283 e. The molecule has 6 nitrogen and oxygen atoms in total. The number of hydrogen-bond donors (Lipinski definition) is 1. The lowest BCUT2D eigenvalue weighted by Gasteiger charge is -2.23. The first-order chi connectivity index (χ1) is 12.9. The van der Waals surface area contributed by atoms with Crippen LogP contribution in [0, 0.1) is 5.41 Å². The molecule has 1 aromatic carbocycles. The lowest BCUT2D eigenvalue weighted by atomic mass is 10.1. The molecule has 27 heavy (non-hydrogen) atoms. The second kappa shape index (κ2) is 6.72. The molecule has 8 heteroatoms. The molecule has 3 heterocycles. The maximum Gasteiger partial charge on any atom is 0.283 e. The number of fused-ring (bicyclic) bond motifs is 1. The van der Waals surface area contributed by atoms with Gasteiger partial charge in [0.25, 0.3) is 5.91 Å². The first-order valence-corrected chi connectivity index (χ1v) is 8.87. The predicted molar refractivity (Wildman–Crippen MR) is 105 cm³/mol. The van der Waals surface area contributed by atoms with Crippen molar-refractivity contribution in [2.24, 2.45) is 4.99 Å². The summed E-state index contributed by atoms with van der Waals surface area (Å²) in [5.41, 5.74) is 1.65. The van der Waals surface area contributed by atoms with Crippen LogP contribution in [0.25, 0.3) is 6.08 Å². The third kappa shape index (κ3) is 3.18. The van der Waals surface area contributed by atoms with Crippen LogP contribution in [0.15, 0.2) is 58.9 Å². The largest absolute Gasteiger partial charge is 0.376 e. The summed E-state index contributed by atoms with van der Waals surface area (Å²) in [6.07, 6.45) is 5.09. The molecule has 4 rings (SSSR count). The quantitative estimate of drug-likeness (QED) is 0.780. The number of amidine groups is 2. The molecule has 0 radical (unpaired) electrons. The van der Waals surface area contributed by atoms with Gasteiger partial charge in [-0.1, -0.05) is 29.3 Å². The summed E-state index contributed by atoms with van der Waals surface area (Å²) in [5, 5.41) is 10.7. The molecule has 2 aliphatic rings. The number of amides is 1. The zero-order chi connectivity index (χ0) is 19.1. The summed E-state index contributed by atoms with van der Waals surface area (Å²) < 4.78 is 1.90. The van der Waals surface area contributed by atoms with Gasteiger partial charge in [-0.05, 0) is 37.3 Å². The number of rotatable bonds is 3. The van der Waals surface area contributed by atoms with E-state index in [2.05, 4.69) is 4.99 Å². The number of benzene rings is 1. The number of halogens is 2. The molecule has 0 fully saturated rings. The Labute approximate surface area is 165 Å². The van der Waals surface area contributed by atoms with Gasteiger partial charge in [-0.3, -0.25) is 10.2 Å². The topological polar surface area (TPSA) is 70.7 Å². The second-order valence-corrected chi connectivity index (χ2v) is 6.90. The first-order valence-electron chi connectivity index (χ1n) is 8.12. The highest BCUT2D eigenvalue weighted by Crippen LogP contribution is 2.27. The van der Waals surface area contributed by atoms with E-state index in [1.54, 1.807) is 37.3 Å². The Morgan fingerprint density at radius 3 is 2.70 bits per heavy atom. The van der Waals surface area contributed by atoms with Crippen LogP contribution < -0.4 is 0 Å². The molecule has 2 aromatic rings. The molecule has 0 saturated heterocycles. The number of nitrogens with one attached hydrogen (secondary N) is 1. The van der Waals surface area contributed by atoms with Gasteiger partial charge in [-0.2, -0.15) is 4.99 Å². The molecule has 0 unspecified atom stereocenters. The molecule has 1 aromatic heterocycles. The first kappa shape index (κ1) is 17.6. The maximum atomic E-state index is 12.4. The van der Waals surface area contributed by atoms with E-state index in [0.717, 1.165) is 11.3 Å². The van der Waals surface area contributed by atoms with Crippen molar-refractivity contribution in [2.75, 3.05) is 0 Å². The normalized spacial score (nSPS) is 17.7. The molecule has 0 atom stereocenters. The second-order valence-electron chi connectivity index (χ2n) is 6.08. The Morgan fingerprint density at radius 2 is 1.96 bits per heavy atom. The minimum atomic E-state index is -0.482. The third-order valence-electron chi connectivity index (χ3n) is 4.23. The van der Waals surface area contributed by atoms with Gasteiger partial charge in [-0.25, -0.2) is 0 Å². The standard InChI is InChI=1S/C19H14Cl2N4O2/c1-11-8-17-23-19(26)13(18(22)25(17)27-11)9-12-4-3-7-24(12)10-14-15(20)5-2-6-16(14)21/h2-9,22H,10H2,1H3. The van der Waals surface area contributed by atoms with Crippen molar-refractivity contribution >= 4 is 46.9 Å². The van der Waals surface area contributed by atoms with Gasteiger partial charge in [0, 0.05) is 33.6 Å². The number of aromatic nitrogens is 1. The van der Waals surface area contributed by atoms with Crippen LogP contribution in [0.2, 0.25) is 10.0 Å². The van der Waals surface area contributed by atoms with Crippen LogP contribution in [0.5, 0.6) is 0 Å². The van der Waals surface area contributed by atoms with Crippen LogP contribution in [-0.4, -0.2) is 27.2 Å². The maximum absolute atomic E-state index is 12.4. The summed E-state index contributed by atoms with van der Waals surface area (Å²) >= 11 is 12.5. The summed E-state index contributed by atoms with van der Waals surface area (Å²) in [4.78, 5) is 21.8. The van der Waals surface area contributed by atoms with Crippen molar-refractivity contribution in [3.8, 4) is 0 Å². The van der Waals surface area contributed by atoms with Gasteiger partial charge in [0.1, 0.15) is 5.76 Å². The van der Waals surface area contributed by atoms with E-state index in [4.69, 9.17) is 33.4 Å². The lowest BCUT2D eigenvalue weighted by Crippen LogP contribution is -2.38. The van der Waals surface area contributed by atoms with Gasteiger partial charge in [0.05, 0.1) is 12.1 Å². The Hall–Kier alpha value is -2.83. The van der Waals surface area contributed by atoms with Crippen molar-refractivity contribution in [1.29, 1.82) is 5.41 Å². The Morgan fingerprint density at radius 1 is 1.22 bits per heavy atom. The Bertz CT molecular complexity index is 1050. The van der Waals surface area contributed by atoms with Gasteiger partial charge < -0.3 is 9.40 Å². The molecular formula is C19H14Cl2N4O2. The number of carbonyl (C=O) groups is 1. The van der Waals surface area contributed by atoms with Gasteiger partial charge >= 0.3 is 0 Å². The van der Waals surface area contributed by atoms with Gasteiger partial charge in [0.2, 0.25) is 0 Å². The minimum absolute atomic E-state index is 0.0541. The van der Waals surface area contributed by atoms with Crippen LogP contribution in [-0.2, 0) is 16.2 Å². The number of hydrogen-bond acceptors (Lipinski definition) is 3. The number of hydroxylamine groups is 2. The summed E-state index contributed by atoms with van der Waals surface area (Å²) in [6, 6.07) is 9.03. The zero-order valence-corrected chi connectivity index (χ0v) is 15.8. The van der Waals surface area contributed by atoms with Crippen molar-refractivity contribution in [2.45, 2.75) is 13.5 Å². The number of nitrogens with zero attached hydrogens (tertiary/aromatic N) is 3. The van der Waals surface area contributed by atoms with Gasteiger partial charge in [0.15, 0.2) is 11.7 Å². The highest BCUT2D eigenvalue weighted by atomic mass is 35.5. The van der Waals surface area contributed by atoms with E-state index in [1.807, 2.05) is 22.9 Å². The van der Waals surface area contributed by atoms with Crippen LogP contribution in [0.1, 0.15) is 18.2 Å². The number of carbonyl (C=O) groups excluding carboxylic acids is 1. The van der Waals surface area contributed by atoms with Crippen molar-refractivity contribution < 1.29 is 9.63 Å². The third-order valence-corrected chi connectivity index (χ3v) is 4.94. The van der Waals surface area contributed by atoms with E-state index in [9.17, 15) is 4.79 Å². The van der Waals surface area contributed by atoms with E-state index >= 15 is 0 Å². The predicted octanol–water partition coefficient (Wildman–Crippen LogP) is 4.29. The average molecular weight is 401 g/mol. The van der Waals surface area contributed by atoms with Crippen LogP contribution in [0.3, 0.4) is 0 Å². The molecule has 0 bridgehead atoms. The Kier molecular flexibility index (Phi) is 4.37. The van der Waals surface area contributed by atoms with Gasteiger partial charge in [-0.15, -0.1) is 5.06 Å². The highest BCUT2D eigenvalue weighted by Gasteiger charge is 2.34. The molecule has 1 N–H and O–H groups in total. The van der Waals surface area contributed by atoms with E-state index < -0.39 is 5.91 Å². The van der Waals surface area contributed by atoms with Crippen molar-refractivity contribution in [3.63, 3.8) is 0 Å². The minimum Gasteiger partial charge on any atom is -0.376 e. The molecular weight excluding hydrogens is 387 g/mol. The molecule has 0 saturated carbocycles. The molecule has 0 aliphatic carbocycles. The molecule has 2 aliphatic heterocycles. The fourth-order valence-electron chi connectivity index (χ4n) is 2.90. The van der Waals surface area contributed by atoms with Crippen LogP contribution >= 0.6 is 23.2 Å². The van der Waals surface area contributed by atoms with Crippen molar-refractivity contribution in [1.82, 2.24) is 9.63 Å². The molecule has 1 amide bonds. The number of aliphatic imine (C=N–C) groups is 1. The lowest BCUT2D eigenvalue weighted by molar-refractivity contribution is -0.114. The average Bonchev–Trinajstić information content (AvgIpc) is 3.21. The summed E-state index contributed by atoms with van der Waals surface area (Å²) in [6.45, 7) is 2.17. The fourth-order valence-corrected chi connectivity index (χ4v) is 3.42. The van der Waals surface area contributed by atoms with E-state index in [-0.39, 0.29) is 11.4 Å². The zero-order valence-electron chi connectivity index (χ0n) is 14.2. The van der Waals surface area contributed by atoms with E-state index in [0.29, 0.717) is 28.2 Å². The monoisotopic (exact) mass is 400 g/mol. The van der Waals surface area contributed by atoms with Crippen molar-refractivity contribution in [3.05, 3.63) is 75.2 Å².